The molecule has 0 bridgehead atoms. The lowest BCUT2D eigenvalue weighted by atomic mass is 9.93. The van der Waals surface area contributed by atoms with Crippen LogP contribution in [0.15, 0.2) is 60.3 Å². The Morgan fingerprint density at radius 1 is 1.12 bits per heavy atom. The number of carbonyl (C=O) groups excluding carboxylic acids is 2. The van der Waals surface area contributed by atoms with Crippen LogP contribution in [0.3, 0.4) is 0 Å². The van der Waals surface area contributed by atoms with Crippen molar-refractivity contribution in [3.05, 3.63) is 81.4 Å². The van der Waals surface area contributed by atoms with Crippen LogP contribution in [0, 0.1) is 0 Å². The highest BCUT2D eigenvalue weighted by molar-refractivity contribution is 9.11. The number of carbonyl (C=O) groups is 2. The van der Waals surface area contributed by atoms with Gasteiger partial charge in [-0.25, -0.2) is 9.79 Å². The molecule has 1 aromatic heterocycles. The molecule has 0 saturated carbocycles. The quantitative estimate of drug-likeness (QED) is 0.227. The van der Waals surface area contributed by atoms with Gasteiger partial charge in [0.2, 0.25) is 0 Å². The van der Waals surface area contributed by atoms with Gasteiger partial charge in [-0.3, -0.25) is 14.2 Å². The molecule has 2 heterocycles. The normalized spacial score (nSPS) is 14.8. The van der Waals surface area contributed by atoms with E-state index in [2.05, 4.69) is 31.9 Å². The lowest BCUT2D eigenvalue weighted by Crippen LogP contribution is -2.40. The SMILES string of the molecule is CCCC1=C(C(=O)OCC)[C@@H](c2cc(OC)ccc2OC)n2c(s/c(=C\c3cc(Br)cc(Br)c3OC(C)=O)c2=O)=N1. The summed E-state index contributed by atoms with van der Waals surface area (Å²) in [6, 6.07) is 7.83. The Balaban J connectivity index is 2.08. The van der Waals surface area contributed by atoms with Crippen LogP contribution in [-0.2, 0) is 14.3 Å². The van der Waals surface area contributed by atoms with Crippen LogP contribution in [0.2, 0.25) is 0 Å². The van der Waals surface area contributed by atoms with E-state index in [0.29, 0.717) is 53.0 Å². The number of benzene rings is 2. The molecule has 12 heteroatoms. The fourth-order valence-electron chi connectivity index (χ4n) is 4.55. The molecule has 0 spiro atoms. The molecule has 4 rings (SSSR count). The third-order valence-corrected chi connectivity index (χ3v) is 8.22. The first kappa shape index (κ1) is 30.7. The monoisotopic (exact) mass is 706 g/mol. The van der Waals surface area contributed by atoms with Gasteiger partial charge in [0.1, 0.15) is 17.5 Å². The van der Waals surface area contributed by atoms with Crippen LogP contribution >= 0.6 is 43.2 Å². The van der Waals surface area contributed by atoms with Crippen LogP contribution in [0.25, 0.3) is 6.08 Å². The molecule has 0 radical (unpaired) electrons. The van der Waals surface area contributed by atoms with Crippen molar-refractivity contribution in [2.75, 3.05) is 20.8 Å². The van der Waals surface area contributed by atoms with Gasteiger partial charge < -0.3 is 18.9 Å². The number of thiazole rings is 1. The van der Waals surface area contributed by atoms with E-state index >= 15 is 0 Å². The second kappa shape index (κ2) is 13.2. The largest absolute Gasteiger partial charge is 0.497 e. The number of allylic oxidation sites excluding steroid dienone is 1. The number of aromatic nitrogens is 1. The minimum absolute atomic E-state index is 0.158. The number of halogens is 2. The first-order valence-corrected chi connectivity index (χ1v) is 15.1. The Labute approximate surface area is 257 Å². The summed E-state index contributed by atoms with van der Waals surface area (Å²) in [7, 11) is 3.07. The highest BCUT2D eigenvalue weighted by Gasteiger charge is 2.36. The topological polar surface area (TPSA) is 105 Å². The maximum atomic E-state index is 14.2. The van der Waals surface area contributed by atoms with Crippen LogP contribution in [0.5, 0.6) is 17.2 Å². The molecular formula is C29H28Br2N2O7S. The van der Waals surface area contributed by atoms with Gasteiger partial charge in [0, 0.05) is 22.5 Å². The average molecular weight is 708 g/mol. The maximum absolute atomic E-state index is 14.2. The fraction of sp³-hybridized carbons (Fsp3) is 0.310. The molecule has 0 fully saturated rings. The van der Waals surface area contributed by atoms with Crippen molar-refractivity contribution in [2.24, 2.45) is 4.99 Å². The van der Waals surface area contributed by atoms with E-state index in [1.165, 1.54) is 29.9 Å². The molecule has 0 unspecified atom stereocenters. The predicted molar refractivity (Wildman–Crippen MR) is 162 cm³/mol. The van der Waals surface area contributed by atoms with E-state index in [-0.39, 0.29) is 23.5 Å². The Morgan fingerprint density at radius 2 is 1.88 bits per heavy atom. The Morgan fingerprint density at radius 3 is 2.51 bits per heavy atom. The molecular weight excluding hydrogens is 680 g/mol. The third kappa shape index (κ3) is 6.34. The van der Waals surface area contributed by atoms with Crippen molar-refractivity contribution in [2.45, 2.75) is 39.7 Å². The molecule has 3 aromatic rings. The smallest absolute Gasteiger partial charge is 0.338 e. The van der Waals surface area contributed by atoms with Crippen LogP contribution < -0.4 is 29.1 Å². The van der Waals surface area contributed by atoms with E-state index in [4.69, 9.17) is 23.9 Å². The number of hydrogen-bond donors (Lipinski definition) is 0. The average Bonchev–Trinajstić information content (AvgIpc) is 3.23. The zero-order chi connectivity index (χ0) is 29.8. The van der Waals surface area contributed by atoms with Gasteiger partial charge in [-0.05, 0) is 65.7 Å². The minimum Gasteiger partial charge on any atom is -0.497 e. The van der Waals surface area contributed by atoms with Crippen LogP contribution in [0.1, 0.15) is 50.8 Å². The fourth-order valence-corrected chi connectivity index (χ4v) is 6.90. The number of ether oxygens (including phenoxy) is 4. The van der Waals surface area contributed by atoms with Gasteiger partial charge in [-0.15, -0.1) is 0 Å². The van der Waals surface area contributed by atoms with E-state index in [0.717, 1.165) is 6.42 Å². The van der Waals surface area contributed by atoms with E-state index in [9.17, 15) is 14.4 Å². The van der Waals surface area contributed by atoms with E-state index in [1.807, 2.05) is 6.92 Å². The summed E-state index contributed by atoms with van der Waals surface area (Å²) >= 11 is 8.08. The lowest BCUT2D eigenvalue weighted by molar-refractivity contribution is -0.139. The molecule has 0 amide bonds. The minimum atomic E-state index is -0.888. The number of nitrogens with zero attached hydrogens (tertiary/aromatic N) is 2. The molecule has 2 aromatic carbocycles. The summed E-state index contributed by atoms with van der Waals surface area (Å²) in [5.74, 6) is 0.217. The second-order valence-electron chi connectivity index (χ2n) is 8.92. The van der Waals surface area contributed by atoms with Gasteiger partial charge in [0.05, 0.1) is 41.1 Å². The van der Waals surface area contributed by atoms with Crippen LogP contribution in [-0.4, -0.2) is 37.3 Å². The van der Waals surface area contributed by atoms with Gasteiger partial charge in [0.15, 0.2) is 10.6 Å². The molecule has 1 atom stereocenters. The van der Waals surface area contributed by atoms with Gasteiger partial charge in [0.25, 0.3) is 5.56 Å². The Bertz CT molecular complexity index is 1730. The van der Waals surface area contributed by atoms with Crippen molar-refractivity contribution in [3.8, 4) is 17.2 Å². The number of fused-ring (bicyclic) bond motifs is 1. The van der Waals surface area contributed by atoms with Gasteiger partial charge in [-0.2, -0.15) is 0 Å². The highest BCUT2D eigenvalue weighted by atomic mass is 79.9. The summed E-state index contributed by atoms with van der Waals surface area (Å²) in [5, 5.41) is 0. The molecule has 1 aliphatic heterocycles. The van der Waals surface area contributed by atoms with Crippen molar-refractivity contribution in [1.82, 2.24) is 4.57 Å². The maximum Gasteiger partial charge on any atom is 0.338 e. The molecule has 0 N–H and O–H groups in total. The molecule has 0 aliphatic carbocycles. The number of rotatable bonds is 9. The Hall–Kier alpha value is -3.22. The van der Waals surface area contributed by atoms with Gasteiger partial charge >= 0.3 is 11.9 Å². The number of methoxy groups -OCH3 is 2. The lowest BCUT2D eigenvalue weighted by Gasteiger charge is -2.27. The molecule has 41 heavy (non-hydrogen) atoms. The zero-order valence-corrected chi connectivity index (χ0v) is 27.1. The van der Waals surface area contributed by atoms with Crippen molar-refractivity contribution < 1.29 is 28.5 Å². The molecule has 0 saturated heterocycles. The summed E-state index contributed by atoms with van der Waals surface area (Å²) in [6.45, 7) is 5.18. The summed E-state index contributed by atoms with van der Waals surface area (Å²) < 4.78 is 25.1. The van der Waals surface area contributed by atoms with Gasteiger partial charge in [-0.1, -0.05) is 40.6 Å². The standard InChI is InChI=1S/C29H28Br2N2O7S/c1-6-8-21-24(28(36)39-7-2)25(19-14-18(37-4)9-10-22(19)38-5)33-27(35)23(41-29(33)32-21)12-16-11-17(30)13-20(31)26(16)40-15(3)34/h9-14,25H,6-8H2,1-5H3/b23-12-/t25-/m1/s1. The summed E-state index contributed by atoms with van der Waals surface area (Å²) in [4.78, 5) is 44.7. The highest BCUT2D eigenvalue weighted by Crippen LogP contribution is 2.39. The zero-order valence-electron chi connectivity index (χ0n) is 23.1. The van der Waals surface area contributed by atoms with Crippen molar-refractivity contribution >= 4 is 61.2 Å². The van der Waals surface area contributed by atoms with Crippen molar-refractivity contribution in [1.29, 1.82) is 0 Å². The van der Waals surface area contributed by atoms with Crippen LogP contribution in [0.4, 0.5) is 0 Å². The first-order chi connectivity index (χ1) is 19.6. The number of esters is 2. The summed E-state index contributed by atoms with van der Waals surface area (Å²) in [6.07, 6.45) is 2.86. The number of hydrogen-bond acceptors (Lipinski definition) is 9. The molecule has 216 valence electrons. The second-order valence-corrected chi connectivity index (χ2v) is 11.7. The Kier molecular flexibility index (Phi) is 9.88. The van der Waals surface area contributed by atoms with E-state index < -0.39 is 18.0 Å². The third-order valence-electron chi connectivity index (χ3n) is 6.19. The summed E-state index contributed by atoms with van der Waals surface area (Å²) in [5.41, 5.74) is 1.48. The molecule has 1 aliphatic rings. The first-order valence-electron chi connectivity index (χ1n) is 12.7. The van der Waals surface area contributed by atoms with Crippen molar-refractivity contribution in [3.63, 3.8) is 0 Å². The molecule has 9 nitrogen and oxygen atoms in total. The van der Waals surface area contributed by atoms with E-state index in [1.54, 1.807) is 50.4 Å². The predicted octanol–water partition coefficient (Wildman–Crippen LogP) is 5.05.